The van der Waals surface area contributed by atoms with Crippen LogP contribution in [0.4, 0.5) is 0 Å². The van der Waals surface area contributed by atoms with Gasteiger partial charge in [-0.3, -0.25) is 0 Å². The molecule has 0 saturated heterocycles. The normalized spacial score (nSPS) is 16.6. The van der Waals surface area contributed by atoms with Crippen LogP contribution in [0.15, 0.2) is 17.7 Å². The lowest BCUT2D eigenvalue weighted by atomic mass is 9.98. The molecule has 1 heteroatoms. The maximum Gasteiger partial charge on any atom is 0.126 e. The van der Waals surface area contributed by atoms with E-state index in [2.05, 4.69) is 52.8 Å². The third-order valence-corrected chi connectivity index (χ3v) is 2.82. The molecule has 86 valence electrons. The van der Waals surface area contributed by atoms with Crippen LogP contribution in [0, 0.1) is 6.92 Å². The van der Waals surface area contributed by atoms with E-state index in [1.165, 1.54) is 22.3 Å². The van der Waals surface area contributed by atoms with E-state index in [0.29, 0.717) is 0 Å². The number of fused-ring (bicyclic) bond motifs is 1. The highest BCUT2D eigenvalue weighted by Gasteiger charge is 2.31. The topological polar surface area (TPSA) is 9.23 Å². The summed E-state index contributed by atoms with van der Waals surface area (Å²) in [7, 11) is 0. The first kappa shape index (κ1) is 11.3. The van der Waals surface area contributed by atoms with Gasteiger partial charge in [0, 0.05) is 6.42 Å². The Morgan fingerprint density at radius 1 is 1.31 bits per heavy atom. The van der Waals surface area contributed by atoms with E-state index in [9.17, 15) is 0 Å². The second-order valence-corrected chi connectivity index (χ2v) is 5.59. The summed E-state index contributed by atoms with van der Waals surface area (Å²) in [4.78, 5) is 0. The molecule has 16 heavy (non-hydrogen) atoms. The molecule has 0 atom stereocenters. The molecule has 0 aliphatic carbocycles. The number of hydrogen-bond acceptors (Lipinski definition) is 1. The lowest BCUT2D eigenvalue weighted by Crippen LogP contribution is -2.24. The van der Waals surface area contributed by atoms with Gasteiger partial charge in [-0.15, -0.1) is 0 Å². The average Bonchev–Trinajstić information content (AvgIpc) is 2.38. The third kappa shape index (κ3) is 2.13. The largest absolute Gasteiger partial charge is 0.487 e. The highest BCUT2D eigenvalue weighted by atomic mass is 16.5. The number of allylic oxidation sites excluding steroid dienone is 1. The number of benzene rings is 1. The quantitative estimate of drug-likeness (QED) is 0.685. The second kappa shape index (κ2) is 3.65. The summed E-state index contributed by atoms with van der Waals surface area (Å²) in [6.45, 7) is 10.7. The van der Waals surface area contributed by atoms with Gasteiger partial charge >= 0.3 is 0 Å². The van der Waals surface area contributed by atoms with E-state index >= 15 is 0 Å². The van der Waals surface area contributed by atoms with E-state index in [-0.39, 0.29) is 5.60 Å². The smallest absolute Gasteiger partial charge is 0.126 e. The summed E-state index contributed by atoms with van der Waals surface area (Å²) < 4.78 is 5.96. The first-order chi connectivity index (χ1) is 7.37. The van der Waals surface area contributed by atoms with Gasteiger partial charge in [0.25, 0.3) is 0 Å². The van der Waals surface area contributed by atoms with Crippen molar-refractivity contribution in [3.8, 4) is 5.75 Å². The van der Waals surface area contributed by atoms with Crippen LogP contribution < -0.4 is 4.74 Å². The first-order valence-corrected chi connectivity index (χ1v) is 5.85. The number of aryl methyl sites for hydroxylation is 1. The number of rotatable bonds is 1. The Morgan fingerprint density at radius 2 is 2.00 bits per heavy atom. The van der Waals surface area contributed by atoms with Gasteiger partial charge in [0.2, 0.25) is 0 Å². The fraction of sp³-hybridized carbons (Fsp3) is 0.467. The van der Waals surface area contributed by atoms with E-state index in [1.54, 1.807) is 0 Å². The van der Waals surface area contributed by atoms with Gasteiger partial charge in [0.1, 0.15) is 11.4 Å². The molecule has 1 aliphatic heterocycles. The van der Waals surface area contributed by atoms with Gasteiger partial charge in [0.15, 0.2) is 0 Å². The van der Waals surface area contributed by atoms with Crippen molar-refractivity contribution in [1.82, 2.24) is 0 Å². The van der Waals surface area contributed by atoms with Gasteiger partial charge in [0.05, 0.1) is 0 Å². The van der Waals surface area contributed by atoms with E-state index < -0.39 is 0 Å². The second-order valence-electron chi connectivity index (χ2n) is 5.59. The molecule has 1 aliphatic rings. The zero-order valence-electron chi connectivity index (χ0n) is 10.8. The van der Waals surface area contributed by atoms with Gasteiger partial charge in [-0.25, -0.2) is 0 Å². The molecule has 2 rings (SSSR count). The Hall–Kier alpha value is -1.24. The van der Waals surface area contributed by atoms with Gasteiger partial charge in [-0.2, -0.15) is 0 Å². The Bertz CT molecular complexity index is 449. The number of hydrogen-bond donors (Lipinski definition) is 0. The predicted molar refractivity (Wildman–Crippen MR) is 68.9 cm³/mol. The van der Waals surface area contributed by atoms with E-state index in [1.807, 2.05) is 0 Å². The monoisotopic (exact) mass is 216 g/mol. The lowest BCUT2D eigenvalue weighted by molar-refractivity contribution is 0.137. The molecule has 0 saturated carbocycles. The van der Waals surface area contributed by atoms with Crippen LogP contribution in [0.2, 0.25) is 0 Å². The summed E-state index contributed by atoms with van der Waals surface area (Å²) >= 11 is 0. The molecule has 1 aromatic carbocycles. The van der Waals surface area contributed by atoms with Gasteiger partial charge < -0.3 is 4.74 Å². The Morgan fingerprint density at radius 3 is 2.62 bits per heavy atom. The molecule has 0 spiro atoms. The zero-order chi connectivity index (χ0) is 11.9. The van der Waals surface area contributed by atoms with Gasteiger partial charge in [-0.05, 0) is 63.4 Å². The van der Waals surface area contributed by atoms with Crippen molar-refractivity contribution in [1.29, 1.82) is 0 Å². The summed E-state index contributed by atoms with van der Waals surface area (Å²) in [5, 5.41) is 0. The van der Waals surface area contributed by atoms with E-state index in [0.717, 1.165) is 12.2 Å². The Labute approximate surface area is 98.1 Å². The van der Waals surface area contributed by atoms with Crippen LogP contribution in [-0.4, -0.2) is 5.60 Å². The van der Waals surface area contributed by atoms with E-state index in [4.69, 9.17) is 4.74 Å². The molecule has 0 N–H and O–H groups in total. The minimum absolute atomic E-state index is 0.0450. The lowest BCUT2D eigenvalue weighted by Gasteiger charge is -2.17. The molecule has 0 amide bonds. The average molecular weight is 216 g/mol. The summed E-state index contributed by atoms with van der Waals surface area (Å²) in [5.41, 5.74) is 5.17. The molecule has 1 heterocycles. The Balaban J connectivity index is 2.46. The maximum absolute atomic E-state index is 5.96. The van der Waals surface area contributed by atoms with Crippen molar-refractivity contribution in [2.45, 2.75) is 46.6 Å². The van der Waals surface area contributed by atoms with Crippen molar-refractivity contribution in [2.75, 3.05) is 0 Å². The minimum atomic E-state index is -0.0450. The van der Waals surface area contributed by atoms with Crippen LogP contribution in [0.5, 0.6) is 5.75 Å². The molecule has 0 bridgehead atoms. The fourth-order valence-electron chi connectivity index (χ4n) is 2.34. The predicted octanol–water partition coefficient (Wildman–Crippen LogP) is 4.13. The maximum atomic E-state index is 5.96. The first-order valence-electron chi connectivity index (χ1n) is 5.85. The number of ether oxygens (including phenoxy) is 1. The van der Waals surface area contributed by atoms with Crippen LogP contribution in [0.25, 0.3) is 6.08 Å². The van der Waals surface area contributed by atoms with Crippen molar-refractivity contribution >= 4 is 6.08 Å². The highest BCUT2D eigenvalue weighted by molar-refractivity contribution is 5.59. The molecular weight excluding hydrogens is 196 g/mol. The summed E-state index contributed by atoms with van der Waals surface area (Å²) in [5.74, 6) is 1.09. The fourth-order valence-corrected chi connectivity index (χ4v) is 2.34. The van der Waals surface area contributed by atoms with Crippen molar-refractivity contribution < 1.29 is 4.74 Å². The molecule has 0 unspecified atom stereocenters. The standard InChI is InChI=1S/C15H20O/c1-10(2)6-12-7-11(3)14-13(8-12)9-15(4,5)16-14/h6-8H,9H2,1-5H3. The zero-order valence-corrected chi connectivity index (χ0v) is 10.8. The SMILES string of the molecule is CC(C)=Cc1cc(C)c2c(c1)CC(C)(C)O2. The highest BCUT2D eigenvalue weighted by Crippen LogP contribution is 2.38. The minimum Gasteiger partial charge on any atom is -0.487 e. The van der Waals surface area contributed by atoms with Crippen molar-refractivity contribution in [3.63, 3.8) is 0 Å². The summed E-state index contributed by atoms with van der Waals surface area (Å²) in [6, 6.07) is 4.46. The molecule has 0 radical (unpaired) electrons. The van der Waals surface area contributed by atoms with Crippen molar-refractivity contribution in [3.05, 3.63) is 34.4 Å². The van der Waals surface area contributed by atoms with Crippen LogP contribution in [0.1, 0.15) is 44.4 Å². The van der Waals surface area contributed by atoms with Gasteiger partial charge in [-0.1, -0.05) is 11.6 Å². The molecule has 0 aromatic heterocycles. The Kier molecular flexibility index (Phi) is 2.57. The van der Waals surface area contributed by atoms with Crippen LogP contribution in [0.3, 0.4) is 0 Å². The molecule has 1 aromatic rings. The molecule has 0 fully saturated rings. The van der Waals surface area contributed by atoms with Crippen LogP contribution in [-0.2, 0) is 6.42 Å². The molecule has 1 nitrogen and oxygen atoms in total. The van der Waals surface area contributed by atoms with Crippen molar-refractivity contribution in [2.24, 2.45) is 0 Å². The third-order valence-electron chi connectivity index (χ3n) is 2.82. The van der Waals surface area contributed by atoms with Crippen LogP contribution >= 0.6 is 0 Å². The molecular formula is C15H20O. The summed E-state index contributed by atoms with van der Waals surface area (Å²) in [6.07, 6.45) is 3.23.